The van der Waals surface area contributed by atoms with Gasteiger partial charge in [-0.05, 0) is 17.4 Å². The number of hydrogen-bond acceptors (Lipinski definition) is 4. The lowest BCUT2D eigenvalue weighted by atomic mass is 9.95. The van der Waals surface area contributed by atoms with Crippen molar-refractivity contribution in [1.82, 2.24) is 4.98 Å². The predicted molar refractivity (Wildman–Crippen MR) is 99.8 cm³/mol. The Balaban J connectivity index is 1.82. The van der Waals surface area contributed by atoms with Crippen LogP contribution in [0.1, 0.15) is 22.9 Å². The molecule has 1 aliphatic rings. The van der Waals surface area contributed by atoms with Gasteiger partial charge in [-0.1, -0.05) is 54.6 Å². The first-order valence-corrected chi connectivity index (χ1v) is 9.60. The van der Waals surface area contributed by atoms with E-state index in [0.717, 1.165) is 17.1 Å². The van der Waals surface area contributed by atoms with Crippen molar-refractivity contribution in [3.63, 3.8) is 0 Å². The van der Waals surface area contributed by atoms with Gasteiger partial charge >= 0.3 is 0 Å². The van der Waals surface area contributed by atoms with Crippen molar-refractivity contribution in [2.45, 2.75) is 16.7 Å². The maximum absolute atomic E-state index is 4.96. The zero-order valence-electron chi connectivity index (χ0n) is 12.8. The van der Waals surface area contributed by atoms with Crippen LogP contribution in [-0.4, -0.2) is 17.5 Å². The standard InChI is InChI=1S/C19H16N2S2/c1-22-19-17(21-18(23-19)14-8-3-2-4-9-14)16-15-10-6-5-7-13(15)11-12-20-16/h2-10,12,16H,11H2,1H3. The lowest BCUT2D eigenvalue weighted by Gasteiger charge is -2.19. The molecule has 1 aliphatic heterocycles. The van der Waals surface area contributed by atoms with E-state index in [9.17, 15) is 0 Å². The molecule has 1 aromatic heterocycles. The molecule has 0 amide bonds. The van der Waals surface area contributed by atoms with E-state index in [-0.39, 0.29) is 6.04 Å². The fraction of sp³-hybridized carbons (Fsp3) is 0.158. The molecular formula is C19H16N2S2. The van der Waals surface area contributed by atoms with Crippen molar-refractivity contribution in [3.05, 3.63) is 71.4 Å². The number of fused-ring (bicyclic) bond motifs is 1. The summed E-state index contributed by atoms with van der Waals surface area (Å²) < 4.78 is 1.25. The molecule has 0 saturated carbocycles. The lowest BCUT2D eigenvalue weighted by molar-refractivity contribution is 0.800. The lowest BCUT2D eigenvalue weighted by Crippen LogP contribution is -2.09. The van der Waals surface area contributed by atoms with Crippen molar-refractivity contribution in [1.29, 1.82) is 0 Å². The average Bonchev–Trinajstić information content (AvgIpc) is 3.06. The molecule has 2 nitrogen and oxygen atoms in total. The SMILES string of the molecule is CSc1sc(-c2ccccc2)nc1C1N=CCc2ccccc21. The van der Waals surface area contributed by atoms with E-state index in [1.807, 2.05) is 12.3 Å². The molecule has 0 radical (unpaired) electrons. The quantitative estimate of drug-likeness (QED) is 0.610. The van der Waals surface area contributed by atoms with Crippen LogP contribution in [0, 0.1) is 0 Å². The average molecular weight is 336 g/mol. The van der Waals surface area contributed by atoms with Gasteiger partial charge in [0.1, 0.15) is 11.0 Å². The van der Waals surface area contributed by atoms with Gasteiger partial charge in [0, 0.05) is 18.2 Å². The molecule has 3 aromatic rings. The Hall–Kier alpha value is -1.91. The second kappa shape index (κ2) is 6.30. The van der Waals surface area contributed by atoms with Crippen LogP contribution in [0.5, 0.6) is 0 Å². The molecule has 4 rings (SSSR count). The van der Waals surface area contributed by atoms with Crippen molar-refractivity contribution in [2.24, 2.45) is 4.99 Å². The summed E-state index contributed by atoms with van der Waals surface area (Å²) in [6.07, 6.45) is 5.06. The topological polar surface area (TPSA) is 25.2 Å². The molecule has 0 aliphatic carbocycles. The summed E-state index contributed by atoms with van der Waals surface area (Å²) >= 11 is 3.52. The third kappa shape index (κ3) is 2.73. The van der Waals surface area contributed by atoms with Gasteiger partial charge in [0.05, 0.1) is 9.90 Å². The highest BCUT2D eigenvalue weighted by atomic mass is 32.2. The number of aromatic nitrogens is 1. The van der Waals surface area contributed by atoms with Crippen LogP contribution in [0.3, 0.4) is 0 Å². The molecular weight excluding hydrogens is 320 g/mol. The highest BCUT2D eigenvalue weighted by Crippen LogP contribution is 2.41. The van der Waals surface area contributed by atoms with Gasteiger partial charge < -0.3 is 0 Å². The Bertz CT molecular complexity index is 853. The molecule has 0 saturated heterocycles. The van der Waals surface area contributed by atoms with E-state index in [2.05, 4.69) is 54.8 Å². The molecule has 114 valence electrons. The molecule has 4 heteroatoms. The van der Waals surface area contributed by atoms with Gasteiger partial charge in [0.2, 0.25) is 0 Å². The van der Waals surface area contributed by atoms with Gasteiger partial charge in [-0.15, -0.1) is 23.1 Å². The molecule has 2 heterocycles. The summed E-state index contributed by atoms with van der Waals surface area (Å²) in [5, 5.41) is 1.07. The molecule has 1 atom stereocenters. The van der Waals surface area contributed by atoms with Crippen molar-refractivity contribution < 1.29 is 0 Å². The number of nitrogens with zero attached hydrogens (tertiary/aromatic N) is 2. The summed E-state index contributed by atoms with van der Waals surface area (Å²) in [6.45, 7) is 0. The Morgan fingerprint density at radius 1 is 1.04 bits per heavy atom. The first kappa shape index (κ1) is 14.7. The summed E-state index contributed by atoms with van der Waals surface area (Å²) in [6, 6.07) is 19.0. The maximum atomic E-state index is 4.96. The Morgan fingerprint density at radius 2 is 1.83 bits per heavy atom. The molecule has 1 unspecified atom stereocenters. The zero-order chi connectivity index (χ0) is 15.6. The third-order valence-corrected chi connectivity index (χ3v) is 6.25. The molecule has 0 fully saturated rings. The molecule has 2 aromatic carbocycles. The number of aliphatic imine (C=N–C) groups is 1. The second-order valence-corrected chi connectivity index (χ2v) is 7.47. The van der Waals surface area contributed by atoms with Crippen LogP contribution in [0.15, 0.2) is 63.8 Å². The summed E-state index contributed by atoms with van der Waals surface area (Å²) in [5.41, 5.74) is 4.90. The number of thiazole rings is 1. The van der Waals surface area contributed by atoms with Crippen LogP contribution in [0.25, 0.3) is 10.6 Å². The van der Waals surface area contributed by atoms with Gasteiger partial charge in [-0.25, -0.2) is 4.98 Å². The van der Waals surface area contributed by atoms with Crippen molar-refractivity contribution >= 4 is 29.3 Å². The molecule has 0 bridgehead atoms. The Labute approximate surface area is 144 Å². The van der Waals surface area contributed by atoms with Gasteiger partial charge in [0.15, 0.2) is 0 Å². The second-order valence-electron chi connectivity index (χ2n) is 5.40. The first-order valence-electron chi connectivity index (χ1n) is 7.56. The number of rotatable bonds is 3. The van der Waals surface area contributed by atoms with Crippen LogP contribution in [0.4, 0.5) is 0 Å². The number of hydrogen-bond donors (Lipinski definition) is 0. The largest absolute Gasteiger partial charge is 0.283 e. The minimum Gasteiger partial charge on any atom is -0.283 e. The Kier molecular flexibility index (Phi) is 4.02. The number of thioether (sulfide) groups is 1. The van der Waals surface area contributed by atoms with Gasteiger partial charge in [-0.3, -0.25) is 4.99 Å². The van der Waals surface area contributed by atoms with E-state index >= 15 is 0 Å². The molecule has 23 heavy (non-hydrogen) atoms. The highest BCUT2D eigenvalue weighted by molar-refractivity contribution is 8.00. The van der Waals surface area contributed by atoms with Crippen LogP contribution < -0.4 is 0 Å². The van der Waals surface area contributed by atoms with Crippen LogP contribution >= 0.6 is 23.1 Å². The summed E-state index contributed by atoms with van der Waals surface area (Å²) in [4.78, 5) is 9.72. The smallest absolute Gasteiger partial charge is 0.124 e. The van der Waals surface area contributed by atoms with Gasteiger partial charge in [-0.2, -0.15) is 0 Å². The van der Waals surface area contributed by atoms with E-state index in [1.165, 1.54) is 20.9 Å². The fourth-order valence-corrected chi connectivity index (χ4v) is 4.65. The van der Waals surface area contributed by atoms with Crippen LogP contribution in [0.2, 0.25) is 0 Å². The third-order valence-electron chi connectivity index (χ3n) is 4.00. The summed E-state index contributed by atoms with van der Waals surface area (Å²) in [7, 11) is 0. The first-order chi connectivity index (χ1) is 11.4. The van der Waals surface area contributed by atoms with E-state index in [4.69, 9.17) is 9.98 Å². The normalized spacial score (nSPS) is 16.3. The monoisotopic (exact) mass is 336 g/mol. The molecule has 0 N–H and O–H groups in total. The fourth-order valence-electron chi connectivity index (χ4n) is 2.88. The van der Waals surface area contributed by atoms with Crippen molar-refractivity contribution in [3.8, 4) is 10.6 Å². The highest BCUT2D eigenvalue weighted by Gasteiger charge is 2.25. The minimum absolute atomic E-state index is 0.0242. The maximum Gasteiger partial charge on any atom is 0.124 e. The van der Waals surface area contributed by atoms with E-state index in [1.54, 1.807) is 23.1 Å². The minimum atomic E-state index is 0.0242. The Morgan fingerprint density at radius 3 is 2.65 bits per heavy atom. The summed E-state index contributed by atoms with van der Waals surface area (Å²) in [5.74, 6) is 0. The van der Waals surface area contributed by atoms with Crippen molar-refractivity contribution in [2.75, 3.05) is 6.26 Å². The zero-order valence-corrected chi connectivity index (χ0v) is 14.4. The predicted octanol–water partition coefficient (Wildman–Crippen LogP) is 5.25. The van der Waals surface area contributed by atoms with E-state index in [0.29, 0.717) is 0 Å². The van der Waals surface area contributed by atoms with Gasteiger partial charge in [0.25, 0.3) is 0 Å². The van der Waals surface area contributed by atoms with Crippen LogP contribution in [-0.2, 0) is 6.42 Å². The van der Waals surface area contributed by atoms with E-state index < -0.39 is 0 Å². The molecule has 0 spiro atoms. The number of benzene rings is 2.